The predicted molar refractivity (Wildman–Crippen MR) is 90.6 cm³/mol. The number of aryl methyl sites for hydroxylation is 1. The van der Waals surface area contributed by atoms with Crippen LogP contribution in [0.15, 0.2) is 42.5 Å². The summed E-state index contributed by atoms with van der Waals surface area (Å²) >= 11 is 12.7. The van der Waals surface area contributed by atoms with Gasteiger partial charge in [-0.05, 0) is 54.6 Å². The van der Waals surface area contributed by atoms with Gasteiger partial charge in [-0.1, -0.05) is 53.5 Å². The number of hydrogen-bond donors (Lipinski definition) is 1. The van der Waals surface area contributed by atoms with E-state index in [1.165, 1.54) is 11.1 Å². The Morgan fingerprint density at radius 1 is 1.00 bits per heavy atom. The highest BCUT2D eigenvalue weighted by atomic mass is 35.5. The van der Waals surface area contributed by atoms with Crippen LogP contribution in [0.2, 0.25) is 10.0 Å². The van der Waals surface area contributed by atoms with E-state index >= 15 is 0 Å². The van der Waals surface area contributed by atoms with E-state index in [0.29, 0.717) is 11.8 Å². The van der Waals surface area contributed by atoms with E-state index in [0.717, 1.165) is 35.1 Å². The van der Waals surface area contributed by atoms with Gasteiger partial charge in [-0.2, -0.15) is 0 Å². The number of benzene rings is 2. The molecule has 110 valence electrons. The molecule has 0 saturated carbocycles. The molecule has 1 N–H and O–H groups in total. The minimum Gasteiger partial charge on any atom is -0.316 e. The average Bonchev–Trinajstić information content (AvgIpc) is 2.51. The molecule has 2 aromatic carbocycles. The van der Waals surface area contributed by atoms with Gasteiger partial charge in [0.1, 0.15) is 0 Å². The first-order chi connectivity index (χ1) is 10.2. The molecular weight excluding hydrogens is 301 g/mol. The van der Waals surface area contributed by atoms with E-state index in [9.17, 15) is 0 Å². The second kappa shape index (κ2) is 6.39. The minimum absolute atomic E-state index is 0.395. The van der Waals surface area contributed by atoms with Gasteiger partial charge in [0.25, 0.3) is 0 Å². The van der Waals surface area contributed by atoms with Gasteiger partial charge < -0.3 is 5.32 Å². The molecule has 3 heteroatoms. The maximum absolute atomic E-state index is 6.41. The first kappa shape index (κ1) is 14.9. The molecule has 0 aromatic heterocycles. The highest BCUT2D eigenvalue weighted by Gasteiger charge is 2.29. The third-order valence-electron chi connectivity index (χ3n) is 4.41. The second-order valence-corrected chi connectivity index (χ2v) is 6.55. The van der Waals surface area contributed by atoms with Crippen LogP contribution in [0.4, 0.5) is 0 Å². The van der Waals surface area contributed by atoms with Crippen molar-refractivity contribution in [1.29, 1.82) is 0 Å². The van der Waals surface area contributed by atoms with Crippen LogP contribution in [0, 0.1) is 6.92 Å². The van der Waals surface area contributed by atoms with E-state index < -0.39 is 0 Å². The SMILES string of the molecule is Cc1ccc(C2CCNCC2c2ccccc2Cl)cc1Cl. The van der Waals surface area contributed by atoms with E-state index in [1.54, 1.807) is 0 Å². The maximum Gasteiger partial charge on any atom is 0.0441 e. The van der Waals surface area contributed by atoms with Crippen molar-refractivity contribution in [2.24, 2.45) is 0 Å². The molecule has 0 radical (unpaired) electrons. The Morgan fingerprint density at radius 3 is 2.57 bits per heavy atom. The smallest absolute Gasteiger partial charge is 0.0441 e. The lowest BCUT2D eigenvalue weighted by Gasteiger charge is -2.33. The van der Waals surface area contributed by atoms with Crippen LogP contribution >= 0.6 is 23.2 Å². The van der Waals surface area contributed by atoms with Crippen LogP contribution in [0.25, 0.3) is 0 Å². The monoisotopic (exact) mass is 319 g/mol. The summed E-state index contributed by atoms with van der Waals surface area (Å²) in [5, 5.41) is 5.20. The maximum atomic E-state index is 6.41. The first-order valence-electron chi connectivity index (χ1n) is 7.38. The molecule has 2 unspecified atom stereocenters. The molecule has 0 spiro atoms. The number of halogens is 2. The van der Waals surface area contributed by atoms with E-state index in [-0.39, 0.29) is 0 Å². The highest BCUT2D eigenvalue weighted by Crippen LogP contribution is 2.40. The lowest BCUT2D eigenvalue weighted by molar-refractivity contribution is 0.404. The fraction of sp³-hybridized carbons (Fsp3) is 0.333. The summed E-state index contributed by atoms with van der Waals surface area (Å²) in [6.07, 6.45) is 1.11. The third kappa shape index (κ3) is 3.11. The van der Waals surface area contributed by atoms with Crippen LogP contribution in [0.1, 0.15) is 34.9 Å². The number of hydrogen-bond acceptors (Lipinski definition) is 1. The third-order valence-corrected chi connectivity index (χ3v) is 5.16. The van der Waals surface area contributed by atoms with Crippen LogP contribution in [0.3, 0.4) is 0 Å². The molecule has 21 heavy (non-hydrogen) atoms. The molecule has 2 aromatic rings. The summed E-state index contributed by atoms with van der Waals surface area (Å²) in [6, 6.07) is 14.6. The second-order valence-electron chi connectivity index (χ2n) is 5.74. The fourth-order valence-corrected chi connectivity index (χ4v) is 3.66. The molecule has 1 heterocycles. The van der Waals surface area contributed by atoms with Crippen molar-refractivity contribution in [3.8, 4) is 0 Å². The summed E-state index contributed by atoms with van der Waals surface area (Å²) in [4.78, 5) is 0. The summed E-state index contributed by atoms with van der Waals surface area (Å²) in [5.41, 5.74) is 3.67. The van der Waals surface area contributed by atoms with Crippen LogP contribution in [-0.2, 0) is 0 Å². The van der Waals surface area contributed by atoms with Gasteiger partial charge in [-0.25, -0.2) is 0 Å². The lowest BCUT2D eigenvalue weighted by atomic mass is 9.77. The summed E-state index contributed by atoms with van der Waals surface area (Å²) < 4.78 is 0. The van der Waals surface area contributed by atoms with E-state index in [2.05, 4.69) is 35.6 Å². The highest BCUT2D eigenvalue weighted by molar-refractivity contribution is 6.31. The molecule has 1 aliphatic rings. The zero-order valence-corrected chi connectivity index (χ0v) is 13.6. The Hall–Kier alpha value is -1.02. The largest absolute Gasteiger partial charge is 0.316 e. The molecule has 3 rings (SSSR count). The number of rotatable bonds is 2. The summed E-state index contributed by atoms with van der Waals surface area (Å²) in [6.45, 7) is 4.04. The molecule has 2 atom stereocenters. The van der Waals surface area contributed by atoms with Gasteiger partial charge in [0.15, 0.2) is 0 Å². The zero-order valence-electron chi connectivity index (χ0n) is 12.1. The Labute approximate surface area is 136 Å². The minimum atomic E-state index is 0.395. The van der Waals surface area contributed by atoms with Gasteiger partial charge in [0.2, 0.25) is 0 Å². The lowest BCUT2D eigenvalue weighted by Crippen LogP contribution is -2.34. The quantitative estimate of drug-likeness (QED) is 0.805. The Bertz CT molecular complexity index is 639. The van der Waals surface area contributed by atoms with Gasteiger partial charge in [0, 0.05) is 22.5 Å². The standard InChI is InChI=1S/C18H19Cl2N/c1-12-6-7-13(10-18(12)20)14-8-9-21-11-16(14)15-4-2-3-5-17(15)19/h2-7,10,14,16,21H,8-9,11H2,1H3. The van der Waals surface area contributed by atoms with Gasteiger partial charge in [-0.3, -0.25) is 0 Å². The molecule has 0 amide bonds. The molecule has 0 aliphatic carbocycles. The predicted octanol–water partition coefficient (Wildman–Crippen LogP) is 5.16. The first-order valence-corrected chi connectivity index (χ1v) is 8.13. The van der Waals surface area contributed by atoms with Crippen LogP contribution in [-0.4, -0.2) is 13.1 Å². The van der Waals surface area contributed by atoms with Crippen molar-refractivity contribution in [3.63, 3.8) is 0 Å². The van der Waals surface area contributed by atoms with Crippen molar-refractivity contribution in [3.05, 3.63) is 69.2 Å². The van der Waals surface area contributed by atoms with Crippen molar-refractivity contribution >= 4 is 23.2 Å². The number of nitrogens with one attached hydrogen (secondary N) is 1. The molecular formula is C18H19Cl2N. The van der Waals surface area contributed by atoms with Crippen molar-refractivity contribution in [2.45, 2.75) is 25.2 Å². The fourth-order valence-electron chi connectivity index (χ4n) is 3.20. The van der Waals surface area contributed by atoms with Gasteiger partial charge in [0.05, 0.1) is 0 Å². The van der Waals surface area contributed by atoms with Crippen LogP contribution in [0.5, 0.6) is 0 Å². The summed E-state index contributed by atoms with van der Waals surface area (Å²) in [7, 11) is 0. The van der Waals surface area contributed by atoms with E-state index in [4.69, 9.17) is 23.2 Å². The summed E-state index contributed by atoms with van der Waals surface area (Å²) in [5.74, 6) is 0.857. The van der Waals surface area contributed by atoms with Crippen molar-refractivity contribution in [2.75, 3.05) is 13.1 Å². The molecule has 1 fully saturated rings. The van der Waals surface area contributed by atoms with Gasteiger partial charge >= 0.3 is 0 Å². The Morgan fingerprint density at radius 2 is 1.81 bits per heavy atom. The normalized spacial score (nSPS) is 22.2. The van der Waals surface area contributed by atoms with Gasteiger partial charge in [-0.15, -0.1) is 0 Å². The number of piperidine rings is 1. The molecule has 1 saturated heterocycles. The molecule has 1 nitrogen and oxygen atoms in total. The average molecular weight is 320 g/mol. The Kier molecular flexibility index (Phi) is 4.54. The van der Waals surface area contributed by atoms with Crippen molar-refractivity contribution < 1.29 is 0 Å². The van der Waals surface area contributed by atoms with E-state index in [1.807, 2.05) is 19.1 Å². The molecule has 1 aliphatic heterocycles. The Balaban J connectivity index is 1.98. The molecule has 0 bridgehead atoms. The van der Waals surface area contributed by atoms with Crippen LogP contribution < -0.4 is 5.32 Å². The van der Waals surface area contributed by atoms with Crippen molar-refractivity contribution in [1.82, 2.24) is 5.32 Å². The zero-order chi connectivity index (χ0) is 14.8. The topological polar surface area (TPSA) is 12.0 Å².